The number of nitrogens with one attached hydrogen (secondary N) is 2. The van der Waals surface area contributed by atoms with Gasteiger partial charge in [0.1, 0.15) is 6.54 Å². The van der Waals surface area contributed by atoms with E-state index in [9.17, 15) is 18.0 Å². The van der Waals surface area contributed by atoms with Crippen molar-refractivity contribution in [1.29, 1.82) is 0 Å². The van der Waals surface area contributed by atoms with E-state index in [2.05, 4.69) is 26.1 Å². The number of nitrogens with zero attached hydrogens (tertiary/aromatic N) is 1. The van der Waals surface area contributed by atoms with Crippen molar-refractivity contribution in [3.63, 3.8) is 0 Å². The number of piperidine rings is 1. The molecule has 1 amide bonds. The summed E-state index contributed by atoms with van der Waals surface area (Å²) in [5.74, 6) is -0.560. The SMILES string of the molecule is CC(C)(C)NCC1CCCCN1CC(=O)NCC(F)(F)F. The molecule has 1 fully saturated rings. The molecule has 0 aromatic rings. The molecule has 21 heavy (non-hydrogen) atoms. The van der Waals surface area contributed by atoms with Crippen molar-refractivity contribution in [2.24, 2.45) is 0 Å². The zero-order chi connectivity index (χ0) is 16.1. The van der Waals surface area contributed by atoms with Crippen LogP contribution in [0.5, 0.6) is 0 Å². The van der Waals surface area contributed by atoms with Gasteiger partial charge in [-0.05, 0) is 40.2 Å². The molecule has 1 atom stereocenters. The van der Waals surface area contributed by atoms with Crippen LogP contribution >= 0.6 is 0 Å². The van der Waals surface area contributed by atoms with Gasteiger partial charge >= 0.3 is 6.18 Å². The van der Waals surface area contributed by atoms with Crippen molar-refractivity contribution in [2.45, 2.75) is 57.8 Å². The van der Waals surface area contributed by atoms with Crippen LogP contribution in [0.3, 0.4) is 0 Å². The zero-order valence-corrected chi connectivity index (χ0v) is 13.0. The molecule has 1 aliphatic heterocycles. The largest absolute Gasteiger partial charge is 0.405 e. The van der Waals surface area contributed by atoms with Crippen molar-refractivity contribution >= 4 is 5.91 Å². The third kappa shape index (κ3) is 8.26. The second kappa shape index (κ2) is 7.45. The van der Waals surface area contributed by atoms with Crippen LogP contribution in [0.1, 0.15) is 40.0 Å². The minimum atomic E-state index is -4.36. The third-order valence-electron chi connectivity index (χ3n) is 3.45. The first-order chi connectivity index (χ1) is 9.57. The van der Waals surface area contributed by atoms with Gasteiger partial charge in [0, 0.05) is 18.1 Å². The van der Waals surface area contributed by atoms with Crippen LogP contribution in [-0.2, 0) is 4.79 Å². The summed E-state index contributed by atoms with van der Waals surface area (Å²) < 4.78 is 36.3. The van der Waals surface area contributed by atoms with Gasteiger partial charge in [-0.15, -0.1) is 0 Å². The summed E-state index contributed by atoms with van der Waals surface area (Å²) >= 11 is 0. The molecule has 1 rings (SSSR count). The van der Waals surface area contributed by atoms with Crippen LogP contribution < -0.4 is 10.6 Å². The summed E-state index contributed by atoms with van der Waals surface area (Å²) in [4.78, 5) is 13.6. The van der Waals surface area contributed by atoms with Crippen molar-refractivity contribution in [3.05, 3.63) is 0 Å². The molecule has 0 radical (unpaired) electrons. The molecule has 0 bridgehead atoms. The Kier molecular flexibility index (Phi) is 6.46. The second-order valence-corrected chi connectivity index (χ2v) is 6.64. The van der Waals surface area contributed by atoms with Crippen molar-refractivity contribution in [1.82, 2.24) is 15.5 Å². The molecule has 1 unspecified atom stereocenters. The summed E-state index contributed by atoms with van der Waals surface area (Å²) in [5.41, 5.74) is -0.0122. The monoisotopic (exact) mass is 309 g/mol. The average molecular weight is 309 g/mol. The van der Waals surface area contributed by atoms with Gasteiger partial charge in [-0.1, -0.05) is 6.42 Å². The summed E-state index contributed by atoms with van der Waals surface area (Å²) in [5, 5.41) is 5.33. The molecule has 0 saturated carbocycles. The Balaban J connectivity index is 2.44. The number of carbonyl (C=O) groups is 1. The smallest absolute Gasteiger partial charge is 0.346 e. The highest BCUT2D eigenvalue weighted by molar-refractivity contribution is 5.78. The lowest BCUT2D eigenvalue weighted by Gasteiger charge is -2.37. The topological polar surface area (TPSA) is 44.4 Å². The molecule has 0 aromatic heterocycles. The number of halogens is 3. The molecule has 1 saturated heterocycles. The Morgan fingerprint density at radius 3 is 2.48 bits per heavy atom. The first-order valence-electron chi connectivity index (χ1n) is 7.39. The summed E-state index contributed by atoms with van der Waals surface area (Å²) in [6, 6.07) is 0.203. The van der Waals surface area contributed by atoms with E-state index in [0.717, 1.165) is 32.4 Å². The highest BCUT2D eigenvalue weighted by Crippen LogP contribution is 2.17. The number of hydrogen-bond acceptors (Lipinski definition) is 3. The molecular weight excluding hydrogens is 283 g/mol. The van der Waals surface area contributed by atoms with Crippen molar-refractivity contribution in [3.8, 4) is 0 Å². The van der Waals surface area contributed by atoms with Crippen LogP contribution in [0.4, 0.5) is 13.2 Å². The number of carbonyl (C=O) groups excluding carboxylic acids is 1. The normalized spacial score (nSPS) is 21.3. The maximum Gasteiger partial charge on any atom is 0.405 e. The van der Waals surface area contributed by atoms with E-state index in [1.165, 1.54) is 0 Å². The number of likely N-dealkylation sites (tertiary alicyclic amines) is 1. The van der Waals surface area contributed by atoms with Crippen LogP contribution in [0, 0.1) is 0 Å². The van der Waals surface area contributed by atoms with Crippen LogP contribution in [0.15, 0.2) is 0 Å². The summed E-state index contributed by atoms with van der Waals surface area (Å²) in [6.07, 6.45) is -1.31. The molecule has 0 aliphatic carbocycles. The van der Waals surface area contributed by atoms with Gasteiger partial charge in [-0.2, -0.15) is 13.2 Å². The zero-order valence-electron chi connectivity index (χ0n) is 13.0. The third-order valence-corrected chi connectivity index (χ3v) is 3.45. The second-order valence-electron chi connectivity index (χ2n) is 6.64. The van der Waals surface area contributed by atoms with Gasteiger partial charge in [0.25, 0.3) is 0 Å². The summed E-state index contributed by atoms with van der Waals surface area (Å²) in [7, 11) is 0. The lowest BCUT2D eigenvalue weighted by Crippen LogP contribution is -2.52. The van der Waals surface area contributed by atoms with Crippen LogP contribution in [0.2, 0.25) is 0 Å². The van der Waals surface area contributed by atoms with Crippen LogP contribution in [0.25, 0.3) is 0 Å². The standard InChI is InChI=1S/C14H26F3N3O/c1-13(2,3)19-8-11-6-4-5-7-20(11)9-12(21)18-10-14(15,16)17/h11,19H,4-10H2,1-3H3,(H,18,21). The fourth-order valence-corrected chi connectivity index (χ4v) is 2.36. The lowest BCUT2D eigenvalue weighted by atomic mass is 10.0. The fourth-order valence-electron chi connectivity index (χ4n) is 2.36. The molecule has 7 heteroatoms. The molecule has 0 spiro atoms. The van der Waals surface area contributed by atoms with Gasteiger partial charge < -0.3 is 10.6 Å². The fraction of sp³-hybridized carbons (Fsp3) is 0.929. The molecule has 0 aromatic carbocycles. The highest BCUT2D eigenvalue weighted by atomic mass is 19.4. The number of amides is 1. The number of rotatable bonds is 5. The maximum atomic E-state index is 12.1. The molecule has 1 heterocycles. The van der Waals surface area contributed by atoms with E-state index in [1.807, 2.05) is 10.2 Å². The van der Waals surface area contributed by atoms with Crippen molar-refractivity contribution in [2.75, 3.05) is 26.2 Å². The average Bonchev–Trinajstić information content (AvgIpc) is 2.33. The van der Waals surface area contributed by atoms with Gasteiger partial charge in [0.15, 0.2) is 0 Å². The predicted molar refractivity (Wildman–Crippen MR) is 76.0 cm³/mol. The minimum Gasteiger partial charge on any atom is -0.346 e. The van der Waals surface area contributed by atoms with E-state index in [1.54, 1.807) is 0 Å². The molecule has 4 nitrogen and oxygen atoms in total. The Morgan fingerprint density at radius 2 is 1.90 bits per heavy atom. The van der Waals surface area contributed by atoms with Gasteiger partial charge in [-0.25, -0.2) is 0 Å². The minimum absolute atomic E-state index is 0.0122. The highest BCUT2D eigenvalue weighted by Gasteiger charge is 2.29. The Bertz CT molecular complexity index is 339. The van der Waals surface area contributed by atoms with E-state index in [-0.39, 0.29) is 18.1 Å². The Morgan fingerprint density at radius 1 is 1.24 bits per heavy atom. The Labute approximate surface area is 124 Å². The first-order valence-corrected chi connectivity index (χ1v) is 7.39. The van der Waals surface area contributed by atoms with Gasteiger partial charge in [0.05, 0.1) is 6.54 Å². The van der Waals surface area contributed by atoms with E-state index in [4.69, 9.17) is 0 Å². The van der Waals surface area contributed by atoms with E-state index < -0.39 is 18.6 Å². The molecule has 124 valence electrons. The first kappa shape index (κ1) is 18.2. The van der Waals surface area contributed by atoms with Gasteiger partial charge in [0.2, 0.25) is 5.91 Å². The van der Waals surface area contributed by atoms with Crippen LogP contribution in [-0.4, -0.2) is 54.7 Å². The van der Waals surface area contributed by atoms with Crippen molar-refractivity contribution < 1.29 is 18.0 Å². The molecular formula is C14H26F3N3O. The summed E-state index contributed by atoms with van der Waals surface area (Å²) in [6.45, 7) is 6.48. The number of hydrogen-bond donors (Lipinski definition) is 2. The quantitative estimate of drug-likeness (QED) is 0.815. The Hall–Kier alpha value is -0.820. The van der Waals surface area contributed by atoms with E-state index in [0.29, 0.717) is 0 Å². The molecule has 1 aliphatic rings. The predicted octanol–water partition coefficient (Wildman–Crippen LogP) is 1.91. The van der Waals surface area contributed by atoms with E-state index >= 15 is 0 Å². The molecule has 2 N–H and O–H groups in total. The van der Waals surface area contributed by atoms with Gasteiger partial charge in [-0.3, -0.25) is 9.69 Å². The maximum absolute atomic E-state index is 12.1. The number of alkyl halides is 3. The lowest BCUT2D eigenvalue weighted by molar-refractivity contribution is -0.139.